The summed E-state index contributed by atoms with van der Waals surface area (Å²) in [5.41, 5.74) is 0.937. The summed E-state index contributed by atoms with van der Waals surface area (Å²) in [5, 5.41) is 2.74. The highest BCUT2D eigenvalue weighted by molar-refractivity contribution is 6.10. The summed E-state index contributed by atoms with van der Waals surface area (Å²) in [4.78, 5) is 26.0. The molecule has 0 radical (unpaired) electrons. The van der Waals surface area contributed by atoms with Gasteiger partial charge in [0.05, 0.1) is 0 Å². The topological polar surface area (TPSA) is 49.4 Å². The van der Waals surface area contributed by atoms with Crippen LogP contribution in [0, 0.1) is 6.92 Å². The molecule has 1 heterocycles. The van der Waals surface area contributed by atoms with Crippen LogP contribution in [0.25, 0.3) is 0 Å². The van der Waals surface area contributed by atoms with Gasteiger partial charge in [0.15, 0.2) is 0 Å². The Balaban J connectivity index is 2.50. The summed E-state index contributed by atoms with van der Waals surface area (Å²) in [6, 6.07) is 7.13. The van der Waals surface area contributed by atoms with Crippen molar-refractivity contribution in [3.05, 3.63) is 29.8 Å². The molecule has 0 saturated carbocycles. The highest BCUT2D eigenvalue weighted by Gasteiger charge is 2.44. The second kappa shape index (κ2) is 4.12. The molecule has 0 spiro atoms. The van der Waals surface area contributed by atoms with Crippen LogP contribution in [-0.2, 0) is 9.59 Å². The minimum Gasteiger partial charge on any atom is -0.340 e. The van der Waals surface area contributed by atoms with Crippen molar-refractivity contribution in [1.82, 2.24) is 5.32 Å². The van der Waals surface area contributed by atoms with E-state index in [1.165, 1.54) is 0 Å². The van der Waals surface area contributed by atoms with Crippen LogP contribution in [0.5, 0.6) is 0 Å². The summed E-state index contributed by atoms with van der Waals surface area (Å²) in [7, 11) is 0. The second-order valence-electron chi connectivity index (χ2n) is 5.25. The largest absolute Gasteiger partial charge is 0.340 e. The molecule has 1 unspecified atom stereocenters. The molecule has 96 valence electrons. The summed E-state index contributed by atoms with van der Waals surface area (Å²) in [5.74, 6) is -0.202. The van der Waals surface area contributed by atoms with Crippen molar-refractivity contribution < 1.29 is 9.59 Å². The number of carbonyl (C=O) groups is 2. The number of para-hydroxylation sites is 1. The molecule has 1 N–H and O–H groups in total. The van der Waals surface area contributed by atoms with E-state index in [4.69, 9.17) is 0 Å². The number of benzene rings is 1. The van der Waals surface area contributed by atoms with Gasteiger partial charge in [-0.3, -0.25) is 14.5 Å². The van der Waals surface area contributed by atoms with Gasteiger partial charge < -0.3 is 5.32 Å². The van der Waals surface area contributed by atoms with Crippen molar-refractivity contribution in [2.75, 3.05) is 4.90 Å². The molecule has 1 saturated heterocycles. The number of carbonyl (C=O) groups excluding carboxylic acids is 2. The summed E-state index contributed by atoms with van der Waals surface area (Å²) in [6.45, 7) is 7.14. The lowest BCUT2D eigenvalue weighted by Crippen LogP contribution is -2.67. The fraction of sp³-hybridized carbons (Fsp3) is 0.429. The molecule has 0 aliphatic carbocycles. The van der Waals surface area contributed by atoms with Gasteiger partial charge in [0, 0.05) is 5.69 Å². The number of hydrogen-bond donors (Lipinski definition) is 1. The minimum absolute atomic E-state index is 0.0797. The summed E-state index contributed by atoms with van der Waals surface area (Å²) < 4.78 is 0. The Kier molecular flexibility index (Phi) is 2.89. The normalized spacial score (nSPS) is 22.9. The predicted octanol–water partition coefficient (Wildman–Crippen LogP) is 1.62. The number of aryl methyl sites for hydroxylation is 1. The Morgan fingerprint density at radius 2 is 1.83 bits per heavy atom. The Morgan fingerprint density at radius 3 is 2.44 bits per heavy atom. The van der Waals surface area contributed by atoms with E-state index in [1.807, 2.05) is 31.2 Å². The number of anilines is 1. The average Bonchev–Trinajstić information content (AvgIpc) is 2.29. The first-order valence-electron chi connectivity index (χ1n) is 6.06. The van der Waals surface area contributed by atoms with Crippen LogP contribution in [0.4, 0.5) is 5.69 Å². The smallest absolute Gasteiger partial charge is 0.252 e. The van der Waals surface area contributed by atoms with Gasteiger partial charge in [-0.25, -0.2) is 0 Å². The van der Waals surface area contributed by atoms with E-state index in [2.05, 4.69) is 5.32 Å². The fourth-order valence-electron chi connectivity index (χ4n) is 2.21. The van der Waals surface area contributed by atoms with E-state index < -0.39 is 11.6 Å². The monoisotopic (exact) mass is 246 g/mol. The number of amides is 2. The zero-order chi connectivity index (χ0) is 13.5. The zero-order valence-electron chi connectivity index (χ0n) is 11.2. The second-order valence-corrected chi connectivity index (χ2v) is 5.25. The van der Waals surface area contributed by atoms with Gasteiger partial charge in [0.2, 0.25) is 5.91 Å². The third-order valence-electron chi connectivity index (χ3n) is 3.33. The number of nitrogens with zero attached hydrogens (tertiary/aromatic N) is 1. The van der Waals surface area contributed by atoms with Crippen LogP contribution in [0.1, 0.15) is 26.3 Å². The first-order valence-corrected chi connectivity index (χ1v) is 6.06. The Hall–Kier alpha value is -1.84. The van der Waals surface area contributed by atoms with Gasteiger partial charge in [0.25, 0.3) is 5.91 Å². The number of rotatable bonds is 1. The van der Waals surface area contributed by atoms with Crippen molar-refractivity contribution in [3.8, 4) is 0 Å². The van der Waals surface area contributed by atoms with Crippen LogP contribution >= 0.6 is 0 Å². The molecule has 1 aliphatic rings. The van der Waals surface area contributed by atoms with Crippen LogP contribution in [0.15, 0.2) is 24.3 Å². The van der Waals surface area contributed by atoms with Gasteiger partial charge in [-0.2, -0.15) is 0 Å². The fourth-order valence-corrected chi connectivity index (χ4v) is 2.21. The van der Waals surface area contributed by atoms with E-state index in [9.17, 15) is 9.59 Å². The Bertz CT molecular complexity index is 508. The quantitative estimate of drug-likeness (QED) is 0.818. The lowest BCUT2D eigenvalue weighted by molar-refractivity contribution is -0.136. The third kappa shape index (κ3) is 1.88. The maximum Gasteiger partial charge on any atom is 0.252 e. The average molecular weight is 246 g/mol. The van der Waals surface area contributed by atoms with Gasteiger partial charge in [0.1, 0.15) is 11.6 Å². The molecule has 18 heavy (non-hydrogen) atoms. The van der Waals surface area contributed by atoms with Crippen molar-refractivity contribution in [2.24, 2.45) is 0 Å². The molecule has 1 aromatic rings. The molecule has 1 aliphatic heterocycles. The molecule has 0 aromatic heterocycles. The lowest BCUT2D eigenvalue weighted by Gasteiger charge is -2.42. The molecular weight excluding hydrogens is 228 g/mol. The van der Waals surface area contributed by atoms with E-state index in [0.717, 1.165) is 11.3 Å². The molecule has 4 nitrogen and oxygen atoms in total. The Morgan fingerprint density at radius 1 is 1.22 bits per heavy atom. The number of hydrogen-bond acceptors (Lipinski definition) is 2. The van der Waals surface area contributed by atoms with E-state index >= 15 is 0 Å². The minimum atomic E-state index is -0.855. The maximum atomic E-state index is 12.5. The molecule has 4 heteroatoms. The first kappa shape index (κ1) is 12.6. The predicted molar refractivity (Wildman–Crippen MR) is 70.3 cm³/mol. The molecule has 2 rings (SSSR count). The summed E-state index contributed by atoms with van der Waals surface area (Å²) >= 11 is 0. The Labute approximate surface area is 107 Å². The van der Waals surface area contributed by atoms with Crippen molar-refractivity contribution in [3.63, 3.8) is 0 Å². The van der Waals surface area contributed by atoms with Crippen LogP contribution in [0.2, 0.25) is 0 Å². The van der Waals surface area contributed by atoms with E-state index in [-0.39, 0.29) is 11.8 Å². The zero-order valence-corrected chi connectivity index (χ0v) is 11.2. The van der Waals surface area contributed by atoms with Crippen LogP contribution in [-0.4, -0.2) is 23.4 Å². The summed E-state index contributed by atoms with van der Waals surface area (Å²) in [6.07, 6.45) is 0. The van der Waals surface area contributed by atoms with E-state index in [1.54, 1.807) is 25.7 Å². The van der Waals surface area contributed by atoms with E-state index in [0.29, 0.717) is 0 Å². The standard InChI is InChI=1S/C14H18N2O2/c1-9-7-5-6-8-11(9)16-10(2)12(17)15-14(3,4)13(16)18/h5-8,10H,1-4H3,(H,15,17). The first-order chi connectivity index (χ1) is 8.34. The number of nitrogens with one attached hydrogen (secondary N) is 1. The van der Waals surface area contributed by atoms with Crippen molar-refractivity contribution in [2.45, 2.75) is 39.3 Å². The highest BCUT2D eigenvalue weighted by atomic mass is 16.2. The van der Waals surface area contributed by atoms with Gasteiger partial charge in [-0.05, 0) is 39.3 Å². The lowest BCUT2D eigenvalue weighted by atomic mass is 9.96. The van der Waals surface area contributed by atoms with Gasteiger partial charge in [-0.15, -0.1) is 0 Å². The molecule has 1 atom stereocenters. The van der Waals surface area contributed by atoms with Crippen molar-refractivity contribution in [1.29, 1.82) is 0 Å². The van der Waals surface area contributed by atoms with Gasteiger partial charge in [-0.1, -0.05) is 18.2 Å². The van der Waals surface area contributed by atoms with Crippen LogP contribution in [0.3, 0.4) is 0 Å². The SMILES string of the molecule is Cc1ccccc1N1C(=O)C(C)(C)NC(=O)C1C. The molecule has 1 fully saturated rings. The number of piperazine rings is 1. The molecular formula is C14H18N2O2. The molecule has 1 aromatic carbocycles. The third-order valence-corrected chi connectivity index (χ3v) is 3.33. The maximum absolute atomic E-state index is 12.5. The highest BCUT2D eigenvalue weighted by Crippen LogP contribution is 2.27. The van der Waals surface area contributed by atoms with Crippen molar-refractivity contribution >= 4 is 17.5 Å². The van der Waals surface area contributed by atoms with Crippen LogP contribution < -0.4 is 10.2 Å². The molecule has 2 amide bonds. The van der Waals surface area contributed by atoms with Gasteiger partial charge >= 0.3 is 0 Å². The molecule has 0 bridgehead atoms.